The Morgan fingerprint density at radius 2 is 1.70 bits per heavy atom. The number of ether oxygens (including phenoxy) is 1. The van der Waals surface area contributed by atoms with Crippen LogP contribution in [0, 0.1) is 0 Å². The molecule has 4 rings (SSSR count). The Kier molecular flexibility index (Phi) is 3.32. The summed E-state index contributed by atoms with van der Waals surface area (Å²) in [6, 6.07) is 3.93. The molecule has 3 fully saturated rings. The lowest BCUT2D eigenvalue weighted by Crippen LogP contribution is -2.44. The second-order valence-corrected chi connectivity index (χ2v) is 6.04. The second kappa shape index (κ2) is 5.30. The van der Waals surface area contributed by atoms with E-state index in [0.717, 1.165) is 31.7 Å². The van der Waals surface area contributed by atoms with Gasteiger partial charge in [0.1, 0.15) is 0 Å². The minimum absolute atomic E-state index is 0.611. The van der Waals surface area contributed by atoms with E-state index in [0.29, 0.717) is 12.1 Å². The Balaban J connectivity index is 1.49. The Labute approximate surface area is 120 Å². The summed E-state index contributed by atoms with van der Waals surface area (Å²) in [7, 11) is 0. The van der Waals surface area contributed by atoms with Gasteiger partial charge in [-0.3, -0.25) is 4.90 Å². The lowest BCUT2D eigenvalue weighted by molar-refractivity contribution is 0.0297. The smallest absolute Gasteiger partial charge is 0.225 e. The summed E-state index contributed by atoms with van der Waals surface area (Å²) in [6.45, 7) is 4.19. The van der Waals surface area contributed by atoms with Gasteiger partial charge in [-0.25, -0.2) is 9.97 Å². The third kappa shape index (κ3) is 2.09. The molecule has 0 N–H and O–H groups in total. The molecule has 0 amide bonds. The molecule has 20 heavy (non-hydrogen) atoms. The van der Waals surface area contributed by atoms with Gasteiger partial charge in [-0.1, -0.05) is 0 Å². The van der Waals surface area contributed by atoms with E-state index in [9.17, 15) is 0 Å². The zero-order chi connectivity index (χ0) is 13.4. The van der Waals surface area contributed by atoms with Crippen molar-refractivity contribution in [2.45, 2.75) is 43.8 Å². The number of hydrogen-bond donors (Lipinski definition) is 0. The first-order chi connectivity index (χ1) is 9.93. The molecule has 5 heteroatoms. The van der Waals surface area contributed by atoms with Crippen molar-refractivity contribution < 1.29 is 4.74 Å². The van der Waals surface area contributed by atoms with Gasteiger partial charge in [-0.2, -0.15) is 0 Å². The van der Waals surface area contributed by atoms with Crippen molar-refractivity contribution in [3.05, 3.63) is 18.5 Å². The molecule has 1 aromatic rings. The number of likely N-dealkylation sites (tertiary alicyclic amines) is 1. The van der Waals surface area contributed by atoms with Crippen molar-refractivity contribution in [2.24, 2.45) is 0 Å². The van der Waals surface area contributed by atoms with Crippen LogP contribution in [-0.4, -0.2) is 59.3 Å². The summed E-state index contributed by atoms with van der Waals surface area (Å²) in [5.41, 5.74) is 0. The molecule has 0 spiro atoms. The van der Waals surface area contributed by atoms with E-state index in [1.54, 1.807) is 0 Å². The Bertz CT molecular complexity index is 448. The zero-order valence-corrected chi connectivity index (χ0v) is 11.8. The van der Waals surface area contributed by atoms with E-state index < -0.39 is 0 Å². The average molecular weight is 274 g/mol. The summed E-state index contributed by atoms with van der Waals surface area (Å²) in [6.07, 6.45) is 8.60. The number of nitrogens with zero attached hydrogens (tertiary/aromatic N) is 4. The lowest BCUT2D eigenvalue weighted by Gasteiger charge is -2.35. The highest BCUT2D eigenvalue weighted by atomic mass is 16.5. The molecule has 0 unspecified atom stereocenters. The Morgan fingerprint density at radius 3 is 2.50 bits per heavy atom. The first-order valence-electron chi connectivity index (χ1n) is 7.80. The highest BCUT2D eigenvalue weighted by Crippen LogP contribution is 2.36. The largest absolute Gasteiger partial charge is 0.381 e. The molecular weight excluding hydrogens is 252 g/mol. The van der Waals surface area contributed by atoms with Crippen molar-refractivity contribution in [1.29, 1.82) is 0 Å². The minimum Gasteiger partial charge on any atom is -0.381 e. The quantitative estimate of drug-likeness (QED) is 0.813. The van der Waals surface area contributed by atoms with E-state index >= 15 is 0 Å². The van der Waals surface area contributed by atoms with Crippen LogP contribution in [0.5, 0.6) is 0 Å². The van der Waals surface area contributed by atoms with Crippen LogP contribution in [0.3, 0.4) is 0 Å². The molecule has 0 radical (unpaired) electrons. The van der Waals surface area contributed by atoms with Gasteiger partial charge in [0.05, 0.1) is 0 Å². The van der Waals surface area contributed by atoms with Crippen LogP contribution >= 0.6 is 0 Å². The fraction of sp³-hybridized carbons (Fsp3) is 0.733. The van der Waals surface area contributed by atoms with Crippen molar-refractivity contribution in [3.63, 3.8) is 0 Å². The molecule has 0 saturated carbocycles. The number of rotatable bonds is 2. The number of aromatic nitrogens is 2. The van der Waals surface area contributed by atoms with Crippen LogP contribution in [0.15, 0.2) is 18.5 Å². The molecule has 3 aliphatic rings. The van der Waals surface area contributed by atoms with Gasteiger partial charge in [0.15, 0.2) is 0 Å². The third-order valence-corrected chi connectivity index (χ3v) is 5.09. The third-order valence-electron chi connectivity index (χ3n) is 5.09. The second-order valence-electron chi connectivity index (χ2n) is 6.04. The van der Waals surface area contributed by atoms with Crippen LogP contribution in [0.4, 0.5) is 5.95 Å². The summed E-state index contributed by atoms with van der Waals surface area (Å²) >= 11 is 0. The highest BCUT2D eigenvalue weighted by molar-refractivity contribution is 5.35. The molecular formula is C15H22N4O. The van der Waals surface area contributed by atoms with Crippen molar-refractivity contribution >= 4 is 5.95 Å². The van der Waals surface area contributed by atoms with Gasteiger partial charge < -0.3 is 9.64 Å². The van der Waals surface area contributed by atoms with Crippen LogP contribution in [0.25, 0.3) is 0 Å². The van der Waals surface area contributed by atoms with Gasteiger partial charge in [-0.05, 0) is 31.7 Å². The molecule has 0 bridgehead atoms. The Hall–Kier alpha value is -1.20. The summed E-state index contributed by atoms with van der Waals surface area (Å²) in [5.74, 6) is 0.911. The lowest BCUT2D eigenvalue weighted by atomic mass is 10.0. The van der Waals surface area contributed by atoms with E-state index in [1.165, 1.54) is 32.2 Å². The van der Waals surface area contributed by atoms with E-state index in [2.05, 4.69) is 19.8 Å². The minimum atomic E-state index is 0.611. The summed E-state index contributed by atoms with van der Waals surface area (Å²) in [4.78, 5) is 14.0. The average Bonchev–Trinajstić information content (AvgIpc) is 3.10. The first kappa shape index (κ1) is 12.5. The van der Waals surface area contributed by atoms with E-state index in [4.69, 9.17) is 4.74 Å². The molecule has 3 saturated heterocycles. The molecule has 5 nitrogen and oxygen atoms in total. The molecule has 1 aromatic heterocycles. The van der Waals surface area contributed by atoms with Gasteiger partial charge in [-0.15, -0.1) is 0 Å². The topological polar surface area (TPSA) is 41.5 Å². The summed E-state index contributed by atoms with van der Waals surface area (Å²) in [5, 5.41) is 0. The Morgan fingerprint density at radius 1 is 0.950 bits per heavy atom. The van der Waals surface area contributed by atoms with Crippen molar-refractivity contribution in [2.75, 3.05) is 31.2 Å². The fourth-order valence-corrected chi connectivity index (χ4v) is 4.18. The number of fused-ring (bicyclic) bond motifs is 1. The van der Waals surface area contributed by atoms with Gasteiger partial charge in [0.2, 0.25) is 5.95 Å². The van der Waals surface area contributed by atoms with Crippen molar-refractivity contribution in [3.8, 4) is 0 Å². The fourth-order valence-electron chi connectivity index (χ4n) is 4.18. The monoisotopic (exact) mass is 274 g/mol. The number of anilines is 1. The maximum Gasteiger partial charge on any atom is 0.225 e. The maximum atomic E-state index is 5.50. The van der Waals surface area contributed by atoms with E-state index in [-0.39, 0.29) is 0 Å². The van der Waals surface area contributed by atoms with Gasteiger partial charge in [0, 0.05) is 56.8 Å². The first-order valence-corrected chi connectivity index (χ1v) is 7.80. The molecule has 2 atom stereocenters. The molecule has 0 aliphatic carbocycles. The maximum absolute atomic E-state index is 5.50. The van der Waals surface area contributed by atoms with Crippen molar-refractivity contribution in [1.82, 2.24) is 14.9 Å². The zero-order valence-electron chi connectivity index (χ0n) is 11.8. The SMILES string of the molecule is c1cnc(N2CC[C@H]3[C@H]2CCN3C2CCOCC2)nc1. The normalized spacial score (nSPS) is 31.7. The van der Waals surface area contributed by atoms with Gasteiger partial charge >= 0.3 is 0 Å². The molecule has 3 aliphatic heterocycles. The predicted molar refractivity (Wildman–Crippen MR) is 76.7 cm³/mol. The number of hydrogen-bond acceptors (Lipinski definition) is 5. The molecule has 0 aromatic carbocycles. The predicted octanol–water partition coefficient (Wildman–Crippen LogP) is 1.31. The molecule has 108 valence electrons. The van der Waals surface area contributed by atoms with Crippen LogP contribution in [0.2, 0.25) is 0 Å². The molecule has 4 heterocycles. The van der Waals surface area contributed by atoms with Crippen LogP contribution in [0.1, 0.15) is 25.7 Å². The standard InChI is InChI=1S/C15H22N4O/c1-6-16-15(17-7-1)19-9-3-13-14(19)2-8-18(13)12-4-10-20-11-5-12/h1,6-7,12-14H,2-5,8-11H2/t13-,14+/m0/s1. The summed E-state index contributed by atoms with van der Waals surface area (Å²) < 4.78 is 5.50. The van der Waals surface area contributed by atoms with Crippen LogP contribution in [-0.2, 0) is 4.74 Å². The van der Waals surface area contributed by atoms with E-state index in [1.807, 2.05) is 18.5 Å². The van der Waals surface area contributed by atoms with Crippen LogP contribution < -0.4 is 4.90 Å². The highest BCUT2D eigenvalue weighted by Gasteiger charge is 2.45. The van der Waals surface area contributed by atoms with Gasteiger partial charge in [0.25, 0.3) is 0 Å².